The van der Waals surface area contributed by atoms with Gasteiger partial charge in [0.2, 0.25) is 5.82 Å². The van der Waals surface area contributed by atoms with Gasteiger partial charge in [-0.3, -0.25) is 10.1 Å². The Morgan fingerprint density at radius 3 is 2.58 bits per heavy atom. The van der Waals surface area contributed by atoms with E-state index in [2.05, 4.69) is 44.2 Å². The van der Waals surface area contributed by atoms with Crippen molar-refractivity contribution in [2.24, 2.45) is 0 Å². The second kappa shape index (κ2) is 8.14. The van der Waals surface area contributed by atoms with Gasteiger partial charge in [-0.15, -0.1) is 0 Å². The van der Waals surface area contributed by atoms with Crippen LogP contribution in [0.25, 0.3) is 10.9 Å². The number of aromatic nitrogens is 1. The fourth-order valence-corrected chi connectivity index (χ4v) is 3.44. The van der Waals surface area contributed by atoms with E-state index in [1.165, 1.54) is 0 Å². The lowest BCUT2D eigenvalue weighted by atomic mass is 10.2. The molecule has 0 saturated carbocycles. The molecular formula is C19H29N3O3Si. The summed E-state index contributed by atoms with van der Waals surface area (Å²) in [7, 11) is -1.71. The van der Waals surface area contributed by atoms with Crippen LogP contribution in [-0.2, 0) is 4.43 Å². The number of nitro groups is 1. The first kappa shape index (κ1) is 20.3. The van der Waals surface area contributed by atoms with E-state index in [1.54, 1.807) is 6.07 Å². The Hall–Kier alpha value is -1.99. The number of hydrogen-bond donors (Lipinski definition) is 1. The van der Waals surface area contributed by atoms with Gasteiger partial charge < -0.3 is 9.74 Å². The van der Waals surface area contributed by atoms with E-state index in [4.69, 9.17) is 4.43 Å². The van der Waals surface area contributed by atoms with Crippen LogP contribution in [0.3, 0.4) is 0 Å². The summed E-state index contributed by atoms with van der Waals surface area (Å²) in [5.74, 6) is 0.332. The third-order valence-electron chi connectivity index (χ3n) is 5.03. The summed E-state index contributed by atoms with van der Waals surface area (Å²) in [6.07, 6.45) is 1.79. The molecule has 0 unspecified atom stereocenters. The van der Waals surface area contributed by atoms with Crippen molar-refractivity contribution in [2.75, 3.05) is 18.5 Å². The summed E-state index contributed by atoms with van der Waals surface area (Å²) in [6, 6.07) is 8.99. The van der Waals surface area contributed by atoms with E-state index < -0.39 is 8.32 Å². The number of para-hydroxylation sites is 1. The van der Waals surface area contributed by atoms with Gasteiger partial charge in [0.25, 0.3) is 0 Å². The molecule has 0 amide bonds. The molecule has 1 aromatic carbocycles. The number of fused-ring (bicyclic) bond motifs is 1. The lowest BCUT2D eigenvalue weighted by Crippen LogP contribution is -2.41. The largest absolute Gasteiger partial charge is 0.417 e. The van der Waals surface area contributed by atoms with E-state index in [-0.39, 0.29) is 15.6 Å². The van der Waals surface area contributed by atoms with Crippen molar-refractivity contribution in [2.45, 2.75) is 51.7 Å². The Bertz CT molecular complexity index is 772. The lowest BCUT2D eigenvalue weighted by Gasteiger charge is -2.36. The van der Waals surface area contributed by atoms with Crippen LogP contribution < -0.4 is 5.32 Å². The fraction of sp³-hybridized carbons (Fsp3) is 0.526. The standard InChI is InChI=1S/C19H29N3O3Si/c1-19(2,3)26(4,5)25-13-9-8-12-20-18-17(22(23)24)14-15-10-6-7-11-16(15)21-18/h6-7,10-11,14H,8-9,12-13H2,1-5H3,(H,20,21). The first-order valence-electron chi connectivity index (χ1n) is 9.04. The highest BCUT2D eigenvalue weighted by Crippen LogP contribution is 2.36. The molecule has 0 saturated heterocycles. The monoisotopic (exact) mass is 375 g/mol. The van der Waals surface area contributed by atoms with Crippen molar-refractivity contribution >= 4 is 30.7 Å². The summed E-state index contributed by atoms with van der Waals surface area (Å²) >= 11 is 0. The minimum absolute atomic E-state index is 0.0150. The minimum atomic E-state index is -1.71. The smallest absolute Gasteiger partial charge is 0.312 e. The molecule has 0 fully saturated rings. The van der Waals surface area contributed by atoms with Gasteiger partial charge in [-0.05, 0) is 37.0 Å². The second-order valence-corrected chi connectivity index (χ2v) is 12.9. The zero-order chi connectivity index (χ0) is 19.4. The van der Waals surface area contributed by atoms with Crippen molar-refractivity contribution in [3.63, 3.8) is 0 Å². The first-order chi connectivity index (χ1) is 12.1. The van der Waals surface area contributed by atoms with Crippen LogP contribution in [0.15, 0.2) is 30.3 Å². The molecule has 2 aromatic rings. The number of benzene rings is 1. The van der Waals surface area contributed by atoms with Gasteiger partial charge in [-0.1, -0.05) is 39.0 Å². The average Bonchev–Trinajstić information content (AvgIpc) is 2.56. The average molecular weight is 376 g/mol. The molecule has 0 aliphatic rings. The van der Waals surface area contributed by atoms with Crippen LogP contribution >= 0.6 is 0 Å². The van der Waals surface area contributed by atoms with Gasteiger partial charge in [0.05, 0.1) is 10.4 Å². The van der Waals surface area contributed by atoms with Crippen molar-refractivity contribution < 1.29 is 9.35 Å². The van der Waals surface area contributed by atoms with Gasteiger partial charge in [0.15, 0.2) is 8.32 Å². The molecule has 0 bridgehead atoms. The summed E-state index contributed by atoms with van der Waals surface area (Å²) in [5.41, 5.74) is 0.767. The topological polar surface area (TPSA) is 77.3 Å². The summed E-state index contributed by atoms with van der Waals surface area (Å²) in [4.78, 5) is 15.3. The predicted octanol–water partition coefficient (Wildman–Crippen LogP) is 5.36. The van der Waals surface area contributed by atoms with Gasteiger partial charge in [-0.25, -0.2) is 4.98 Å². The maximum Gasteiger partial charge on any atom is 0.312 e. The molecule has 0 radical (unpaired) electrons. The highest BCUT2D eigenvalue weighted by atomic mass is 28.4. The van der Waals surface area contributed by atoms with Crippen molar-refractivity contribution in [1.82, 2.24) is 4.98 Å². The molecule has 1 heterocycles. The SMILES string of the molecule is CC(C)(C)[Si](C)(C)OCCCCNc1nc2ccccc2cc1[N+](=O)[O-]. The van der Waals surface area contributed by atoms with Crippen LogP contribution in [-0.4, -0.2) is 31.4 Å². The number of unbranched alkanes of at least 4 members (excludes halogenated alkanes) is 1. The van der Waals surface area contributed by atoms with Gasteiger partial charge in [-0.2, -0.15) is 0 Å². The molecular weight excluding hydrogens is 346 g/mol. The minimum Gasteiger partial charge on any atom is -0.417 e. The molecule has 1 aromatic heterocycles. The van der Waals surface area contributed by atoms with Crippen LogP contribution in [0.1, 0.15) is 33.6 Å². The predicted molar refractivity (Wildman–Crippen MR) is 109 cm³/mol. The molecule has 26 heavy (non-hydrogen) atoms. The van der Waals surface area contributed by atoms with Gasteiger partial charge in [0.1, 0.15) is 0 Å². The van der Waals surface area contributed by atoms with Crippen LogP contribution in [0.4, 0.5) is 11.5 Å². The Morgan fingerprint density at radius 2 is 1.92 bits per heavy atom. The second-order valence-electron chi connectivity index (χ2n) is 8.05. The number of hydrogen-bond acceptors (Lipinski definition) is 5. The first-order valence-corrected chi connectivity index (χ1v) is 11.9. The molecule has 0 atom stereocenters. The van der Waals surface area contributed by atoms with E-state index in [9.17, 15) is 10.1 Å². The van der Waals surface area contributed by atoms with E-state index in [0.717, 1.165) is 30.4 Å². The molecule has 2 rings (SSSR count). The van der Waals surface area contributed by atoms with Gasteiger partial charge in [0, 0.05) is 24.6 Å². The van der Waals surface area contributed by atoms with Gasteiger partial charge >= 0.3 is 5.69 Å². The molecule has 7 heteroatoms. The summed E-state index contributed by atoms with van der Waals surface area (Å²) in [5, 5.41) is 15.4. The normalized spacial score (nSPS) is 12.3. The number of rotatable bonds is 8. The zero-order valence-corrected chi connectivity index (χ0v) is 17.3. The maximum absolute atomic E-state index is 11.3. The van der Waals surface area contributed by atoms with E-state index in [1.807, 2.05) is 24.3 Å². The Morgan fingerprint density at radius 1 is 1.23 bits per heavy atom. The lowest BCUT2D eigenvalue weighted by molar-refractivity contribution is -0.384. The number of anilines is 1. The van der Waals surface area contributed by atoms with E-state index in [0.29, 0.717) is 12.4 Å². The van der Waals surface area contributed by atoms with Crippen molar-refractivity contribution in [1.29, 1.82) is 0 Å². The van der Waals surface area contributed by atoms with Crippen LogP contribution in [0, 0.1) is 10.1 Å². The zero-order valence-electron chi connectivity index (χ0n) is 16.3. The van der Waals surface area contributed by atoms with Crippen LogP contribution in [0.2, 0.25) is 18.1 Å². The Balaban J connectivity index is 1.90. The highest BCUT2D eigenvalue weighted by molar-refractivity contribution is 6.74. The molecule has 0 aliphatic carbocycles. The molecule has 1 N–H and O–H groups in total. The summed E-state index contributed by atoms with van der Waals surface area (Å²) in [6.45, 7) is 12.5. The van der Waals surface area contributed by atoms with Crippen LogP contribution in [0.5, 0.6) is 0 Å². The summed E-state index contributed by atoms with van der Waals surface area (Å²) < 4.78 is 6.15. The van der Waals surface area contributed by atoms with Crippen molar-refractivity contribution in [3.05, 3.63) is 40.4 Å². The third kappa shape index (κ3) is 5.01. The molecule has 6 nitrogen and oxygen atoms in total. The molecule has 0 aliphatic heterocycles. The Labute approximate surface area is 156 Å². The quantitative estimate of drug-likeness (QED) is 0.291. The molecule has 0 spiro atoms. The third-order valence-corrected chi connectivity index (χ3v) is 9.57. The number of pyridine rings is 1. The van der Waals surface area contributed by atoms with E-state index >= 15 is 0 Å². The number of nitrogens with zero attached hydrogens (tertiary/aromatic N) is 2. The number of nitrogens with one attached hydrogen (secondary N) is 1. The maximum atomic E-state index is 11.3. The Kier molecular flexibility index (Phi) is 6.36. The fourth-order valence-electron chi connectivity index (χ4n) is 2.35. The molecule has 142 valence electrons. The van der Waals surface area contributed by atoms with Crippen molar-refractivity contribution in [3.8, 4) is 0 Å². The highest BCUT2D eigenvalue weighted by Gasteiger charge is 2.36.